The van der Waals surface area contributed by atoms with Crippen molar-refractivity contribution in [1.29, 1.82) is 0 Å². The van der Waals surface area contributed by atoms with Crippen LogP contribution in [0, 0.1) is 0 Å². The van der Waals surface area contributed by atoms with E-state index in [2.05, 4.69) is 156 Å². The summed E-state index contributed by atoms with van der Waals surface area (Å²) in [5, 5.41) is -3.67. The average Bonchev–Trinajstić information content (AvgIpc) is 3.97. The Bertz CT molecular complexity index is 3660. The van der Waals surface area contributed by atoms with Crippen LogP contribution in [-0.2, 0) is 25.7 Å². The first-order chi connectivity index (χ1) is 35.6. The Balaban J connectivity index is 1.03. The van der Waals surface area contributed by atoms with Crippen LogP contribution in [0.5, 0.6) is 0 Å². The summed E-state index contributed by atoms with van der Waals surface area (Å²) in [5.74, 6) is 0. The van der Waals surface area contributed by atoms with Gasteiger partial charge >= 0.3 is 0 Å². The summed E-state index contributed by atoms with van der Waals surface area (Å²) in [6, 6.07) is 43.0. The van der Waals surface area contributed by atoms with Gasteiger partial charge in [0.05, 0.1) is 92.8 Å². The van der Waals surface area contributed by atoms with E-state index in [4.69, 9.17) is 72.7 Å². The van der Waals surface area contributed by atoms with Crippen LogP contribution in [0.1, 0.15) is 65.8 Å². The van der Waals surface area contributed by atoms with Gasteiger partial charge in [0.1, 0.15) is 21.8 Å². The first-order valence-electron chi connectivity index (χ1n) is 25.9. The Morgan fingerprint density at radius 3 is 0.827 bits per heavy atom. The van der Waals surface area contributed by atoms with E-state index in [0.717, 1.165) is 112 Å². The lowest BCUT2D eigenvalue weighted by Gasteiger charge is -2.17. The topological polar surface area (TPSA) is 57.4 Å². The van der Waals surface area contributed by atoms with Crippen LogP contribution in [0.4, 0.5) is 0 Å². The molecule has 16 heteroatoms. The molecule has 3 aromatic heterocycles. The van der Waals surface area contributed by atoms with Crippen molar-refractivity contribution in [3.63, 3.8) is 0 Å². The lowest BCUT2D eigenvalue weighted by atomic mass is 9.65. The molecule has 0 spiro atoms. The average molecular weight is 939 g/mol. The Morgan fingerprint density at radius 2 is 0.613 bits per heavy atom. The molecule has 4 nitrogen and oxygen atoms in total. The number of H-pyrrole nitrogens is 2. The Kier molecular flexibility index (Phi) is 11.0. The summed E-state index contributed by atoms with van der Waals surface area (Å²) >= 11 is 0. The number of fused-ring (bicyclic) bond motifs is 8. The highest BCUT2D eigenvalue weighted by molar-refractivity contribution is 6.82. The van der Waals surface area contributed by atoms with E-state index < -0.39 is 36.5 Å². The quantitative estimate of drug-likeness (QED) is 0.120. The summed E-state index contributed by atoms with van der Waals surface area (Å²) in [7, 11) is 60.3. The predicted molar refractivity (Wildman–Crippen MR) is 324 cm³/mol. The molecule has 2 N–H and O–H groups in total. The van der Waals surface area contributed by atoms with Gasteiger partial charge in [-0.2, -0.15) is 0 Å². The van der Waals surface area contributed by atoms with Gasteiger partial charge in [0.25, 0.3) is 0 Å². The van der Waals surface area contributed by atoms with Gasteiger partial charge in [0.2, 0.25) is 0 Å². The molecule has 0 amide bonds. The molecule has 8 unspecified atom stereocenters. The van der Waals surface area contributed by atoms with Crippen molar-refractivity contribution in [2.45, 2.75) is 88.7 Å². The van der Waals surface area contributed by atoms with Crippen LogP contribution in [0.3, 0.4) is 0 Å². The summed E-state index contributed by atoms with van der Waals surface area (Å²) in [5.41, 5.74) is 18.9. The fourth-order valence-electron chi connectivity index (χ4n) is 11.6. The lowest BCUT2D eigenvalue weighted by molar-refractivity contribution is 0.787. The highest BCUT2D eigenvalue weighted by Gasteiger charge is 2.57. The van der Waals surface area contributed by atoms with Crippen LogP contribution in [0.15, 0.2) is 121 Å². The Morgan fingerprint density at radius 1 is 0.387 bits per heavy atom. The van der Waals surface area contributed by atoms with Gasteiger partial charge in [-0.05, 0) is 119 Å². The molecule has 6 aliphatic heterocycles. The highest BCUT2D eigenvalue weighted by atomic mass is 14.8. The van der Waals surface area contributed by atoms with E-state index in [-0.39, 0.29) is 5.72 Å². The number of aromatic amines is 2. The normalized spacial score (nSPS) is 29.4. The molecule has 75 heavy (non-hydrogen) atoms. The van der Waals surface area contributed by atoms with Crippen molar-refractivity contribution in [3.8, 4) is 44.5 Å². The number of benzene rings is 4. The van der Waals surface area contributed by atoms with Crippen LogP contribution >= 0.6 is 0 Å². The standard InChI is InChI=1S/C59H44B12N4/c1-53(61)57(65,69-53)29-33-6-14-37(15-7-33)49-42-22-20-40(72-42)48(36-12-4-32(5-13-36)28-56(64)52(60)68-56)41-21-23-43(73-41)50(38-16-8-34(9-17-38)30-58(66)54(2,62)70-58)45-25-27-47(75-45)51(46-26-24-44(49)74-46)39-18-10-35(11-19-39)31-59(67)55(3,63)71-59/h4-27,52,72,75H,28-31H2,1-3H3. The fraction of sp³-hybridized carbons (Fsp3) is 0.254. The molecule has 8 bridgehead atoms. The fourth-order valence-corrected chi connectivity index (χ4v) is 11.6. The van der Waals surface area contributed by atoms with Gasteiger partial charge in [-0.1, -0.05) is 139 Å². The first-order valence-corrected chi connectivity index (χ1v) is 25.9. The van der Waals surface area contributed by atoms with Crippen LogP contribution in [0.2, 0.25) is 42.2 Å². The van der Waals surface area contributed by atoms with Crippen molar-refractivity contribution in [2.75, 3.05) is 0 Å². The molecule has 0 saturated carbocycles. The molecular formula is C59H44B12N4. The molecule has 336 valence electrons. The maximum atomic E-state index is 6.70. The second kappa shape index (κ2) is 16.9. The minimum atomic E-state index is -0.553. The van der Waals surface area contributed by atoms with E-state index >= 15 is 0 Å². The molecule has 4 fully saturated rings. The number of aromatic nitrogens is 4. The van der Waals surface area contributed by atoms with Gasteiger partial charge in [0.15, 0.2) is 0 Å². The van der Waals surface area contributed by atoms with Crippen molar-refractivity contribution < 1.29 is 0 Å². The summed E-state index contributed by atoms with van der Waals surface area (Å²) < 4.78 is 0. The lowest BCUT2D eigenvalue weighted by Crippen LogP contribution is -2.04. The summed E-state index contributed by atoms with van der Waals surface area (Å²) in [6.45, 7) is 5.93. The molecule has 8 atom stereocenters. The van der Waals surface area contributed by atoms with E-state index in [1.165, 1.54) is 0 Å². The first kappa shape index (κ1) is 48.9. The van der Waals surface area contributed by atoms with Gasteiger partial charge in [-0.25, -0.2) is 9.97 Å². The summed E-state index contributed by atoms with van der Waals surface area (Å²) in [6.07, 6.45) is 11.0. The largest absolute Gasteiger partial charge is 0.354 e. The number of hydrogen-bond donors (Lipinski definition) is 2. The third-order valence-electron chi connectivity index (χ3n) is 17.2. The van der Waals surface area contributed by atoms with E-state index in [1.54, 1.807) is 0 Å². The molecule has 4 aromatic carbocycles. The molecule has 9 heterocycles. The minimum Gasteiger partial charge on any atom is -0.354 e. The van der Waals surface area contributed by atoms with Crippen LogP contribution in [-0.4, -0.2) is 112 Å². The number of nitrogens with one attached hydrogen (secondary N) is 2. The van der Waals surface area contributed by atoms with E-state index in [9.17, 15) is 0 Å². The van der Waals surface area contributed by atoms with Gasteiger partial charge in [-0.3, -0.25) is 0 Å². The second-order valence-electron chi connectivity index (χ2n) is 23.2. The molecule has 7 aromatic rings. The van der Waals surface area contributed by atoms with Crippen molar-refractivity contribution in [2.24, 2.45) is 0 Å². The molecule has 4 saturated heterocycles. The van der Waals surface area contributed by atoms with Gasteiger partial charge in [-0.15, -0.1) is 21.4 Å². The van der Waals surface area contributed by atoms with Crippen molar-refractivity contribution in [3.05, 3.63) is 166 Å². The third kappa shape index (κ3) is 8.64. The molecule has 13 rings (SSSR count). The maximum Gasteiger partial charge on any atom is 0.102 e. The monoisotopic (exact) mass is 940 g/mol. The van der Waals surface area contributed by atoms with Crippen molar-refractivity contribution >= 4 is 138 Å². The number of hydrogen-bond acceptors (Lipinski definition) is 2. The highest BCUT2D eigenvalue weighted by Crippen LogP contribution is 2.66. The van der Waals surface area contributed by atoms with E-state index in [1.807, 2.05) is 49.9 Å². The SMILES string of the molecule is [B]C1[B]C1([B])Cc1ccc(-c2c3nc(c(-c4ccc(CC5([B])[B]C5([B])C)cc4)c4ccc([nH]4)c(-c4ccc(CC5([B])[B]C5([B])C)cc4)c4nc(c(-c5ccc(CC6([B])[B]C6([B])C)cc5)c5ccc2[nH]5)C=C4)C=C3)cc1. The van der Waals surface area contributed by atoms with Crippen molar-refractivity contribution in [1.82, 2.24) is 19.9 Å². The number of rotatable bonds is 12. The van der Waals surface area contributed by atoms with E-state index in [0.29, 0.717) is 25.7 Å². The third-order valence-corrected chi connectivity index (χ3v) is 17.2. The maximum absolute atomic E-state index is 6.70. The number of nitrogens with zero attached hydrogens (tertiary/aromatic N) is 2. The molecular weight excluding hydrogens is 894 g/mol. The zero-order chi connectivity index (χ0) is 52.1. The Labute approximate surface area is 455 Å². The van der Waals surface area contributed by atoms with Gasteiger partial charge in [0, 0.05) is 44.3 Å². The minimum absolute atomic E-state index is 0.113. The second-order valence-corrected chi connectivity index (χ2v) is 23.2. The summed E-state index contributed by atoms with van der Waals surface area (Å²) in [4.78, 5) is 18.9. The van der Waals surface area contributed by atoms with Crippen LogP contribution in [0.25, 0.3) is 90.9 Å². The zero-order valence-electron chi connectivity index (χ0n) is 42.6. The smallest absolute Gasteiger partial charge is 0.102 e. The molecule has 0 aliphatic carbocycles. The predicted octanol–water partition coefficient (Wildman–Crippen LogP) is 10.3. The Hall–Kier alpha value is -5.74. The van der Waals surface area contributed by atoms with Gasteiger partial charge < -0.3 is 9.97 Å². The molecule has 20 radical (unpaired) electrons. The zero-order valence-corrected chi connectivity index (χ0v) is 42.6. The molecule has 6 aliphatic rings. The van der Waals surface area contributed by atoms with Crippen LogP contribution < -0.4 is 0 Å².